The number of carbonyl (C=O) groups excluding carboxylic acids is 2. The Labute approximate surface area is 178 Å². The number of rotatable bonds is 5. The van der Waals surface area contributed by atoms with Crippen LogP contribution in [-0.4, -0.2) is 37.0 Å². The van der Waals surface area contributed by atoms with E-state index in [0.717, 1.165) is 36.9 Å². The van der Waals surface area contributed by atoms with E-state index in [-0.39, 0.29) is 11.8 Å². The third kappa shape index (κ3) is 5.34. The molecule has 2 aromatic rings. The number of halogens is 2. The van der Waals surface area contributed by atoms with E-state index in [4.69, 9.17) is 16.3 Å². The van der Waals surface area contributed by atoms with Gasteiger partial charge in [-0.15, -0.1) is 0 Å². The van der Waals surface area contributed by atoms with Crippen LogP contribution >= 0.6 is 27.5 Å². The molecule has 0 bridgehead atoms. The molecule has 0 spiro atoms. The van der Waals surface area contributed by atoms with Gasteiger partial charge in [0, 0.05) is 16.9 Å². The van der Waals surface area contributed by atoms with Crippen molar-refractivity contribution in [2.24, 2.45) is 5.92 Å². The second-order valence-corrected chi connectivity index (χ2v) is 8.18. The molecule has 2 aromatic carbocycles. The molecule has 0 atom stereocenters. The number of likely N-dealkylation sites (tertiary alicyclic amines) is 1. The summed E-state index contributed by atoms with van der Waals surface area (Å²) in [4.78, 5) is 26.7. The third-order valence-electron chi connectivity index (χ3n) is 4.92. The first-order valence-electron chi connectivity index (χ1n) is 9.12. The van der Waals surface area contributed by atoms with Crippen LogP contribution in [0.5, 0.6) is 0 Å². The molecule has 1 N–H and O–H groups in total. The molecule has 0 saturated carbocycles. The molecule has 0 unspecified atom stereocenters. The SMILES string of the molecule is COC(=O)c1ccc(Cl)c(NC(=O)C2CCN(Cc3ccc(Br)cc3)CC2)c1. The summed E-state index contributed by atoms with van der Waals surface area (Å²) in [5.74, 6) is -0.598. The van der Waals surface area contributed by atoms with Gasteiger partial charge < -0.3 is 10.1 Å². The van der Waals surface area contributed by atoms with E-state index < -0.39 is 5.97 Å². The van der Waals surface area contributed by atoms with Gasteiger partial charge in [-0.2, -0.15) is 0 Å². The number of nitrogens with one attached hydrogen (secondary N) is 1. The van der Waals surface area contributed by atoms with Crippen molar-refractivity contribution >= 4 is 45.1 Å². The number of hydrogen-bond donors (Lipinski definition) is 1. The number of methoxy groups -OCH3 is 1. The number of ether oxygens (including phenoxy) is 1. The van der Waals surface area contributed by atoms with Crippen LogP contribution in [0.2, 0.25) is 5.02 Å². The fraction of sp³-hybridized carbons (Fsp3) is 0.333. The highest BCUT2D eigenvalue weighted by Gasteiger charge is 2.25. The maximum atomic E-state index is 12.7. The van der Waals surface area contributed by atoms with Crippen LogP contribution in [0.25, 0.3) is 0 Å². The zero-order chi connectivity index (χ0) is 20.1. The van der Waals surface area contributed by atoms with E-state index >= 15 is 0 Å². The molecule has 28 heavy (non-hydrogen) atoms. The number of amides is 1. The molecule has 1 saturated heterocycles. The lowest BCUT2D eigenvalue weighted by Crippen LogP contribution is -2.37. The van der Waals surface area contributed by atoms with Crippen molar-refractivity contribution in [2.45, 2.75) is 19.4 Å². The van der Waals surface area contributed by atoms with Gasteiger partial charge in [0.15, 0.2) is 0 Å². The minimum absolute atomic E-state index is 0.0628. The fourth-order valence-electron chi connectivity index (χ4n) is 3.30. The molecule has 1 heterocycles. The minimum atomic E-state index is -0.464. The number of anilines is 1. The average Bonchev–Trinajstić information content (AvgIpc) is 2.71. The Morgan fingerprint density at radius 3 is 2.50 bits per heavy atom. The zero-order valence-corrected chi connectivity index (χ0v) is 17.9. The van der Waals surface area contributed by atoms with E-state index in [1.54, 1.807) is 18.2 Å². The van der Waals surface area contributed by atoms with Gasteiger partial charge in [-0.05, 0) is 61.8 Å². The van der Waals surface area contributed by atoms with E-state index in [1.165, 1.54) is 12.7 Å². The molecule has 1 aliphatic heterocycles. The van der Waals surface area contributed by atoms with Gasteiger partial charge in [0.25, 0.3) is 0 Å². The van der Waals surface area contributed by atoms with Crippen molar-refractivity contribution in [2.75, 3.05) is 25.5 Å². The maximum absolute atomic E-state index is 12.7. The highest BCUT2D eigenvalue weighted by atomic mass is 79.9. The first kappa shape index (κ1) is 20.8. The van der Waals surface area contributed by atoms with Gasteiger partial charge in [0.1, 0.15) is 0 Å². The van der Waals surface area contributed by atoms with Crippen LogP contribution < -0.4 is 5.32 Å². The summed E-state index contributed by atoms with van der Waals surface area (Å²) in [5, 5.41) is 3.26. The molecule has 1 aliphatic rings. The summed E-state index contributed by atoms with van der Waals surface area (Å²) in [7, 11) is 1.32. The second kappa shape index (κ2) is 9.54. The molecule has 0 aromatic heterocycles. The lowest BCUT2D eigenvalue weighted by molar-refractivity contribution is -0.121. The molecule has 3 rings (SSSR count). The Morgan fingerprint density at radius 1 is 1.18 bits per heavy atom. The summed E-state index contributed by atoms with van der Waals surface area (Å²) in [5.41, 5.74) is 2.05. The van der Waals surface area contributed by atoms with Crippen molar-refractivity contribution in [1.82, 2.24) is 4.90 Å². The number of carbonyl (C=O) groups is 2. The van der Waals surface area contributed by atoms with Crippen molar-refractivity contribution in [1.29, 1.82) is 0 Å². The van der Waals surface area contributed by atoms with E-state index in [2.05, 4.69) is 38.3 Å². The van der Waals surface area contributed by atoms with Crippen molar-refractivity contribution in [3.05, 3.63) is 63.1 Å². The van der Waals surface area contributed by atoms with Crippen LogP contribution in [0, 0.1) is 5.92 Å². The minimum Gasteiger partial charge on any atom is -0.465 e. The largest absolute Gasteiger partial charge is 0.465 e. The molecular formula is C21H22BrClN2O3. The molecular weight excluding hydrogens is 444 g/mol. The Kier molecular flexibility index (Phi) is 7.10. The lowest BCUT2D eigenvalue weighted by atomic mass is 9.95. The summed E-state index contributed by atoms with van der Waals surface area (Å²) < 4.78 is 5.79. The highest BCUT2D eigenvalue weighted by molar-refractivity contribution is 9.10. The van der Waals surface area contributed by atoms with Crippen LogP contribution in [0.1, 0.15) is 28.8 Å². The molecule has 0 aliphatic carbocycles. The molecule has 0 radical (unpaired) electrons. The number of hydrogen-bond acceptors (Lipinski definition) is 4. The molecule has 1 fully saturated rings. The van der Waals surface area contributed by atoms with Crippen LogP contribution in [0.3, 0.4) is 0 Å². The molecule has 5 nitrogen and oxygen atoms in total. The van der Waals surface area contributed by atoms with Crippen molar-refractivity contribution < 1.29 is 14.3 Å². The van der Waals surface area contributed by atoms with Crippen LogP contribution in [0.4, 0.5) is 5.69 Å². The van der Waals surface area contributed by atoms with E-state index in [0.29, 0.717) is 16.3 Å². The smallest absolute Gasteiger partial charge is 0.337 e. The second-order valence-electron chi connectivity index (χ2n) is 6.85. The normalized spacial score (nSPS) is 15.2. The van der Waals surface area contributed by atoms with Gasteiger partial charge in [-0.25, -0.2) is 4.79 Å². The number of nitrogens with zero attached hydrogens (tertiary/aromatic N) is 1. The van der Waals surface area contributed by atoms with Crippen molar-refractivity contribution in [3.8, 4) is 0 Å². The monoisotopic (exact) mass is 464 g/mol. The Morgan fingerprint density at radius 2 is 1.86 bits per heavy atom. The summed E-state index contributed by atoms with van der Waals surface area (Å²) >= 11 is 9.62. The summed E-state index contributed by atoms with van der Waals surface area (Å²) in [6.07, 6.45) is 1.58. The molecule has 1 amide bonds. The fourth-order valence-corrected chi connectivity index (χ4v) is 3.73. The summed E-state index contributed by atoms with van der Waals surface area (Å²) in [6.45, 7) is 2.61. The van der Waals surface area contributed by atoms with Gasteiger partial charge in [-0.1, -0.05) is 39.7 Å². The standard InChI is InChI=1S/C21H22BrClN2O3/c1-28-21(27)16-4-7-18(23)19(12-16)24-20(26)15-8-10-25(11-9-15)13-14-2-5-17(22)6-3-14/h2-7,12,15H,8-11,13H2,1H3,(H,24,26). The van der Waals surface area contributed by atoms with Gasteiger partial charge >= 0.3 is 5.97 Å². The van der Waals surface area contributed by atoms with Crippen LogP contribution in [-0.2, 0) is 16.1 Å². The highest BCUT2D eigenvalue weighted by Crippen LogP contribution is 2.26. The van der Waals surface area contributed by atoms with E-state index in [1.807, 2.05) is 12.1 Å². The topological polar surface area (TPSA) is 58.6 Å². The first-order chi connectivity index (χ1) is 13.5. The van der Waals surface area contributed by atoms with Gasteiger partial charge in [-0.3, -0.25) is 9.69 Å². The summed E-state index contributed by atoms with van der Waals surface area (Å²) in [6, 6.07) is 13.0. The number of piperidine rings is 1. The Bertz CT molecular complexity index is 849. The molecule has 148 valence electrons. The van der Waals surface area contributed by atoms with Gasteiger partial charge in [0.05, 0.1) is 23.4 Å². The van der Waals surface area contributed by atoms with E-state index in [9.17, 15) is 9.59 Å². The predicted octanol–water partition coefficient (Wildman–Crippen LogP) is 4.74. The number of benzene rings is 2. The lowest BCUT2D eigenvalue weighted by Gasteiger charge is -2.31. The van der Waals surface area contributed by atoms with Gasteiger partial charge in [0.2, 0.25) is 5.91 Å². The maximum Gasteiger partial charge on any atom is 0.337 e. The quantitative estimate of drug-likeness (QED) is 0.648. The van der Waals surface area contributed by atoms with Crippen LogP contribution in [0.15, 0.2) is 46.9 Å². The number of esters is 1. The Hall–Kier alpha value is -1.89. The molecule has 7 heteroatoms. The Balaban J connectivity index is 1.55. The van der Waals surface area contributed by atoms with Crippen molar-refractivity contribution in [3.63, 3.8) is 0 Å². The third-order valence-corrected chi connectivity index (χ3v) is 5.78. The average molecular weight is 466 g/mol. The zero-order valence-electron chi connectivity index (χ0n) is 15.6. The first-order valence-corrected chi connectivity index (χ1v) is 10.3. The predicted molar refractivity (Wildman–Crippen MR) is 114 cm³/mol.